The van der Waals surface area contributed by atoms with Gasteiger partial charge < -0.3 is 5.32 Å². The number of rotatable bonds is 6. The molecule has 1 N–H and O–H groups in total. The molecule has 0 bridgehead atoms. The molecule has 2 saturated carbocycles. The lowest BCUT2D eigenvalue weighted by Gasteiger charge is -2.28. The summed E-state index contributed by atoms with van der Waals surface area (Å²) in [5.74, 6) is 0. The van der Waals surface area contributed by atoms with Gasteiger partial charge in [-0.25, -0.2) is 0 Å². The van der Waals surface area contributed by atoms with Crippen LogP contribution in [0, 0.1) is 5.41 Å². The third-order valence-corrected chi connectivity index (χ3v) is 5.33. The van der Waals surface area contributed by atoms with Crippen LogP contribution in [-0.2, 0) is 6.42 Å². The fourth-order valence-electron chi connectivity index (χ4n) is 4.16. The summed E-state index contributed by atoms with van der Waals surface area (Å²) in [5, 5.41) is 8.48. The molecule has 0 aromatic carbocycles. The van der Waals surface area contributed by atoms with Gasteiger partial charge in [-0.05, 0) is 50.1 Å². The third-order valence-electron chi connectivity index (χ3n) is 5.33. The Bertz CT molecular complexity index is 412. The second-order valence-electron chi connectivity index (χ2n) is 6.89. The van der Waals surface area contributed by atoms with Crippen molar-refractivity contribution in [2.24, 2.45) is 5.41 Å². The summed E-state index contributed by atoms with van der Waals surface area (Å²) >= 11 is 0. The van der Waals surface area contributed by atoms with Crippen LogP contribution < -0.4 is 5.32 Å². The maximum atomic E-state index is 4.90. The van der Waals surface area contributed by atoms with Crippen LogP contribution in [0.3, 0.4) is 0 Å². The Morgan fingerprint density at radius 1 is 1.25 bits per heavy atom. The average Bonchev–Trinajstić information content (AvgIpc) is 3.18. The number of nitrogens with zero attached hydrogens (tertiary/aromatic N) is 2. The van der Waals surface area contributed by atoms with Gasteiger partial charge in [0.15, 0.2) is 0 Å². The van der Waals surface area contributed by atoms with Crippen LogP contribution in [0.2, 0.25) is 0 Å². The lowest BCUT2D eigenvalue weighted by molar-refractivity contribution is 0.276. The van der Waals surface area contributed by atoms with Crippen LogP contribution in [-0.4, -0.2) is 22.9 Å². The van der Waals surface area contributed by atoms with Crippen molar-refractivity contribution in [3.8, 4) is 0 Å². The molecule has 0 spiro atoms. The predicted octanol–water partition coefficient (Wildman–Crippen LogP) is 3.71. The van der Waals surface area contributed by atoms with Gasteiger partial charge in [0.2, 0.25) is 0 Å². The highest BCUT2D eigenvalue weighted by Crippen LogP contribution is 2.40. The van der Waals surface area contributed by atoms with Crippen molar-refractivity contribution < 1.29 is 0 Å². The van der Waals surface area contributed by atoms with Crippen LogP contribution in [0.25, 0.3) is 0 Å². The fraction of sp³-hybridized carbons (Fsp3) is 0.824. The molecule has 2 aliphatic carbocycles. The molecule has 1 heterocycles. The minimum Gasteiger partial charge on any atom is -0.316 e. The Morgan fingerprint density at radius 3 is 2.70 bits per heavy atom. The van der Waals surface area contributed by atoms with Crippen molar-refractivity contribution in [3.05, 3.63) is 18.0 Å². The molecule has 0 saturated heterocycles. The van der Waals surface area contributed by atoms with Crippen molar-refractivity contribution in [1.29, 1.82) is 0 Å². The highest BCUT2D eigenvalue weighted by atomic mass is 15.3. The van der Waals surface area contributed by atoms with Gasteiger partial charge in [-0.2, -0.15) is 5.10 Å². The van der Waals surface area contributed by atoms with Gasteiger partial charge >= 0.3 is 0 Å². The van der Waals surface area contributed by atoms with Crippen LogP contribution in [0.4, 0.5) is 0 Å². The Hall–Kier alpha value is -0.830. The van der Waals surface area contributed by atoms with Crippen LogP contribution >= 0.6 is 0 Å². The van der Waals surface area contributed by atoms with Crippen molar-refractivity contribution >= 4 is 0 Å². The average molecular weight is 275 g/mol. The van der Waals surface area contributed by atoms with Crippen molar-refractivity contribution in [2.75, 3.05) is 13.1 Å². The Morgan fingerprint density at radius 2 is 2.00 bits per heavy atom. The second-order valence-corrected chi connectivity index (χ2v) is 6.89. The zero-order valence-corrected chi connectivity index (χ0v) is 12.9. The first kappa shape index (κ1) is 14.1. The minimum absolute atomic E-state index is 0.477. The summed E-state index contributed by atoms with van der Waals surface area (Å²) < 4.78 is 2.25. The standard InChI is InChI=1S/C17H29N3/c1-2-18-14-17(10-5-6-11-17)13-15-9-12-20(19-15)16-7-3-4-8-16/h9,12,16,18H,2-8,10-11,13-14H2,1H3. The molecule has 2 fully saturated rings. The van der Waals surface area contributed by atoms with Crippen LogP contribution in [0.1, 0.15) is 70.0 Å². The van der Waals surface area contributed by atoms with Gasteiger partial charge in [0.05, 0.1) is 11.7 Å². The van der Waals surface area contributed by atoms with Crippen LogP contribution in [0.5, 0.6) is 0 Å². The molecule has 0 aliphatic heterocycles. The summed E-state index contributed by atoms with van der Waals surface area (Å²) in [4.78, 5) is 0. The topological polar surface area (TPSA) is 29.9 Å². The van der Waals surface area contributed by atoms with Crippen molar-refractivity contribution in [3.63, 3.8) is 0 Å². The van der Waals surface area contributed by atoms with E-state index in [4.69, 9.17) is 5.10 Å². The smallest absolute Gasteiger partial charge is 0.0630 e. The minimum atomic E-state index is 0.477. The number of aromatic nitrogens is 2. The zero-order chi connectivity index (χ0) is 13.8. The van der Waals surface area contributed by atoms with E-state index in [9.17, 15) is 0 Å². The maximum absolute atomic E-state index is 4.90. The molecule has 0 unspecified atom stereocenters. The first-order valence-corrected chi connectivity index (χ1v) is 8.56. The summed E-state index contributed by atoms with van der Waals surface area (Å²) in [6, 6.07) is 2.95. The highest BCUT2D eigenvalue weighted by molar-refractivity contribution is 5.06. The molecule has 3 nitrogen and oxygen atoms in total. The van der Waals surface area contributed by atoms with E-state index >= 15 is 0 Å². The van der Waals surface area contributed by atoms with E-state index in [1.807, 2.05) is 0 Å². The number of hydrogen-bond donors (Lipinski definition) is 1. The van der Waals surface area contributed by atoms with E-state index in [1.165, 1.54) is 70.0 Å². The Kier molecular flexibility index (Phi) is 4.45. The molecule has 3 heteroatoms. The Labute approximate surface area is 123 Å². The largest absolute Gasteiger partial charge is 0.316 e. The van der Waals surface area contributed by atoms with Crippen molar-refractivity contribution in [1.82, 2.24) is 15.1 Å². The molecule has 0 amide bonds. The number of hydrogen-bond acceptors (Lipinski definition) is 2. The van der Waals surface area contributed by atoms with Gasteiger partial charge in [0.1, 0.15) is 0 Å². The lowest BCUT2D eigenvalue weighted by atomic mass is 9.81. The quantitative estimate of drug-likeness (QED) is 0.857. The molecule has 0 atom stereocenters. The molecule has 3 rings (SSSR count). The monoisotopic (exact) mass is 275 g/mol. The molecule has 2 aliphatic rings. The van der Waals surface area contributed by atoms with Gasteiger partial charge in [0, 0.05) is 12.7 Å². The van der Waals surface area contributed by atoms with Gasteiger partial charge in [-0.15, -0.1) is 0 Å². The predicted molar refractivity (Wildman–Crippen MR) is 82.9 cm³/mol. The Balaban J connectivity index is 1.65. The van der Waals surface area contributed by atoms with Crippen LogP contribution in [0.15, 0.2) is 12.3 Å². The van der Waals surface area contributed by atoms with Crippen molar-refractivity contribution in [2.45, 2.75) is 70.8 Å². The number of nitrogens with one attached hydrogen (secondary N) is 1. The maximum Gasteiger partial charge on any atom is 0.0630 e. The molecular weight excluding hydrogens is 246 g/mol. The molecule has 112 valence electrons. The lowest BCUT2D eigenvalue weighted by Crippen LogP contribution is -2.34. The second kappa shape index (κ2) is 6.30. The van der Waals surface area contributed by atoms with E-state index in [0.717, 1.165) is 6.54 Å². The third kappa shape index (κ3) is 3.08. The molecule has 1 aromatic heterocycles. The van der Waals surface area contributed by atoms with Gasteiger partial charge in [-0.3, -0.25) is 4.68 Å². The first-order chi connectivity index (χ1) is 9.81. The fourth-order valence-corrected chi connectivity index (χ4v) is 4.16. The summed E-state index contributed by atoms with van der Waals surface area (Å²) in [5.41, 5.74) is 1.79. The highest BCUT2D eigenvalue weighted by Gasteiger charge is 2.34. The molecule has 0 radical (unpaired) electrons. The normalized spacial score (nSPS) is 22.6. The summed E-state index contributed by atoms with van der Waals surface area (Å²) in [6.45, 7) is 4.45. The summed E-state index contributed by atoms with van der Waals surface area (Å²) in [7, 11) is 0. The van der Waals surface area contributed by atoms with E-state index in [1.54, 1.807) is 0 Å². The van der Waals surface area contributed by atoms with Gasteiger partial charge in [-0.1, -0.05) is 32.6 Å². The van der Waals surface area contributed by atoms with E-state index in [2.05, 4.69) is 29.2 Å². The van der Waals surface area contributed by atoms with E-state index in [-0.39, 0.29) is 0 Å². The molecule has 1 aromatic rings. The zero-order valence-electron chi connectivity index (χ0n) is 12.9. The summed E-state index contributed by atoms with van der Waals surface area (Å²) in [6.07, 6.45) is 14.3. The molecular formula is C17H29N3. The van der Waals surface area contributed by atoms with E-state index < -0.39 is 0 Å². The van der Waals surface area contributed by atoms with Gasteiger partial charge in [0.25, 0.3) is 0 Å². The molecule has 20 heavy (non-hydrogen) atoms. The SMILES string of the molecule is CCNCC1(Cc2ccn(C3CCCC3)n2)CCCC1. The van der Waals surface area contributed by atoms with E-state index in [0.29, 0.717) is 11.5 Å². The first-order valence-electron chi connectivity index (χ1n) is 8.56.